The predicted octanol–water partition coefficient (Wildman–Crippen LogP) is 12.6. The van der Waals surface area contributed by atoms with Crippen LogP contribution in [0.4, 0.5) is 5.69 Å². The van der Waals surface area contributed by atoms with Crippen molar-refractivity contribution in [1.82, 2.24) is 9.97 Å². The molecule has 1 atom stereocenters. The maximum atomic E-state index is 5.20. The molecule has 3 nitrogen and oxygen atoms in total. The third-order valence-corrected chi connectivity index (χ3v) is 9.53. The van der Waals surface area contributed by atoms with Crippen molar-refractivity contribution in [1.29, 1.82) is 0 Å². The van der Waals surface area contributed by atoms with E-state index in [-0.39, 0.29) is 0 Å². The van der Waals surface area contributed by atoms with Gasteiger partial charge in [-0.15, -0.1) is 0 Å². The zero-order valence-corrected chi connectivity index (χ0v) is 29.5. The number of benzene rings is 4. The molecule has 7 rings (SSSR count). The van der Waals surface area contributed by atoms with E-state index in [1.54, 1.807) is 0 Å². The lowest BCUT2D eigenvalue weighted by Gasteiger charge is -2.29. The van der Waals surface area contributed by atoms with Gasteiger partial charge in [0.15, 0.2) is 5.82 Å². The van der Waals surface area contributed by atoms with Gasteiger partial charge < -0.3 is 4.90 Å². The molecule has 4 aromatic carbocycles. The van der Waals surface area contributed by atoms with Crippen LogP contribution in [-0.2, 0) is 0 Å². The summed E-state index contributed by atoms with van der Waals surface area (Å²) in [6.07, 6.45) is 14.2. The Morgan fingerprint density at radius 3 is 2.02 bits per heavy atom. The van der Waals surface area contributed by atoms with E-state index in [9.17, 15) is 0 Å². The Hall–Kier alpha value is -5.28. The first-order valence-corrected chi connectivity index (χ1v) is 17.7. The molecule has 0 radical (unpaired) electrons. The highest BCUT2D eigenvalue weighted by Crippen LogP contribution is 2.37. The molecule has 0 N–H and O–H groups in total. The zero-order valence-electron chi connectivity index (χ0n) is 29.5. The summed E-state index contributed by atoms with van der Waals surface area (Å²) in [6.45, 7) is 11.8. The number of hydrogen-bond donors (Lipinski definition) is 0. The smallest absolute Gasteiger partial charge is 0.160 e. The lowest BCUT2D eigenvalue weighted by molar-refractivity contribution is 0.568. The minimum atomic E-state index is 0.400. The summed E-state index contributed by atoms with van der Waals surface area (Å²) >= 11 is 0. The summed E-state index contributed by atoms with van der Waals surface area (Å²) in [4.78, 5) is 12.8. The number of allylic oxidation sites excluding steroid dienone is 8. The van der Waals surface area contributed by atoms with Crippen LogP contribution in [0.5, 0.6) is 0 Å². The molecule has 8 bridgehead atoms. The van der Waals surface area contributed by atoms with E-state index in [1.165, 1.54) is 39.2 Å². The number of rotatable bonds is 5. The van der Waals surface area contributed by atoms with E-state index < -0.39 is 0 Å². The summed E-state index contributed by atoms with van der Waals surface area (Å²) in [6, 6.07) is 39.4. The molecule has 0 saturated carbocycles. The van der Waals surface area contributed by atoms with Crippen molar-refractivity contribution >= 4 is 16.8 Å². The van der Waals surface area contributed by atoms with E-state index in [0.717, 1.165) is 59.7 Å². The molecule has 246 valence electrons. The molecule has 2 aliphatic rings. The number of fused-ring (bicyclic) bond motifs is 6. The zero-order chi connectivity index (χ0) is 34.2. The molecule has 0 spiro atoms. The van der Waals surface area contributed by atoms with E-state index in [0.29, 0.717) is 5.92 Å². The van der Waals surface area contributed by atoms with Gasteiger partial charge >= 0.3 is 0 Å². The summed E-state index contributed by atoms with van der Waals surface area (Å²) in [5.74, 6) is 1.15. The highest BCUT2D eigenvalue weighted by molar-refractivity contribution is 6.05. The van der Waals surface area contributed by atoms with E-state index in [4.69, 9.17) is 9.97 Å². The summed E-state index contributed by atoms with van der Waals surface area (Å²) in [5.41, 5.74) is 13.7. The number of nitrogens with zero attached hydrogens (tertiary/aromatic N) is 3. The second kappa shape index (κ2) is 15.7. The molecule has 0 aliphatic carbocycles. The summed E-state index contributed by atoms with van der Waals surface area (Å²) in [5, 5.41) is 0. The first-order chi connectivity index (χ1) is 24.0. The normalized spacial score (nSPS) is 17.0. The van der Waals surface area contributed by atoms with Crippen molar-refractivity contribution in [3.05, 3.63) is 162 Å². The van der Waals surface area contributed by atoms with Crippen LogP contribution in [0.25, 0.3) is 45.0 Å². The number of aromatic nitrogens is 2. The van der Waals surface area contributed by atoms with Gasteiger partial charge in [-0.25, -0.2) is 9.97 Å². The van der Waals surface area contributed by atoms with Gasteiger partial charge in [-0.1, -0.05) is 123 Å². The fourth-order valence-electron chi connectivity index (χ4n) is 6.98. The van der Waals surface area contributed by atoms with Crippen LogP contribution in [0.3, 0.4) is 0 Å². The van der Waals surface area contributed by atoms with Crippen LogP contribution in [0, 0.1) is 0 Å². The molecule has 1 aromatic heterocycles. The molecule has 0 saturated heterocycles. The number of hydrogen-bond acceptors (Lipinski definition) is 3. The van der Waals surface area contributed by atoms with Crippen LogP contribution >= 0.6 is 0 Å². The number of anilines is 1. The standard InChI is InChI=1S/C46H47N3/c1-6-10-17-33(5)49-29-28-34(16-7-2)38-20-14-22-40(30-38)46-47-44(36-18-12-11-13-19-36)32-45(48-46)37-26-24-35(25-27-37)42(8-3)43(9-4)39-21-15-23-41(49)31-39/h6,8-15,17-27,30-32,34H,7,16,28-29H2,1-5H3/b10-6-,33-17+,42-8-,43-9-. The molecular formula is C46H47N3. The van der Waals surface area contributed by atoms with Gasteiger partial charge in [0.25, 0.3) is 0 Å². The largest absolute Gasteiger partial charge is 0.345 e. The Morgan fingerprint density at radius 2 is 1.33 bits per heavy atom. The van der Waals surface area contributed by atoms with Crippen LogP contribution in [0.2, 0.25) is 0 Å². The van der Waals surface area contributed by atoms with Gasteiger partial charge in [-0.2, -0.15) is 0 Å². The molecule has 3 heterocycles. The molecule has 3 heteroatoms. The van der Waals surface area contributed by atoms with E-state index in [1.807, 2.05) is 6.07 Å². The van der Waals surface area contributed by atoms with Crippen molar-refractivity contribution in [2.45, 2.75) is 59.8 Å². The first kappa shape index (κ1) is 33.6. The lowest BCUT2D eigenvalue weighted by Crippen LogP contribution is -2.24. The Kier molecular flexibility index (Phi) is 10.8. The van der Waals surface area contributed by atoms with Crippen LogP contribution in [-0.4, -0.2) is 16.5 Å². The highest BCUT2D eigenvalue weighted by atomic mass is 15.1. The fourth-order valence-corrected chi connectivity index (χ4v) is 6.98. The summed E-state index contributed by atoms with van der Waals surface area (Å²) < 4.78 is 0. The minimum absolute atomic E-state index is 0.400. The molecular weight excluding hydrogens is 595 g/mol. The Morgan fingerprint density at radius 1 is 0.694 bits per heavy atom. The Bertz CT molecular complexity index is 2010. The van der Waals surface area contributed by atoms with Crippen LogP contribution in [0.15, 0.2) is 145 Å². The second-order valence-corrected chi connectivity index (χ2v) is 12.7. The van der Waals surface area contributed by atoms with E-state index >= 15 is 0 Å². The van der Waals surface area contributed by atoms with Gasteiger partial charge in [0.05, 0.1) is 11.4 Å². The topological polar surface area (TPSA) is 29.0 Å². The quantitative estimate of drug-likeness (QED) is 0.179. The second-order valence-electron chi connectivity index (χ2n) is 12.7. The van der Waals surface area contributed by atoms with Gasteiger partial charge in [-0.05, 0) is 105 Å². The van der Waals surface area contributed by atoms with Gasteiger partial charge in [-0.3, -0.25) is 0 Å². The molecule has 5 aromatic rings. The Balaban J connectivity index is 1.56. The van der Waals surface area contributed by atoms with Crippen molar-refractivity contribution in [3.8, 4) is 33.9 Å². The average molecular weight is 642 g/mol. The molecule has 0 fully saturated rings. The van der Waals surface area contributed by atoms with Crippen LogP contribution < -0.4 is 4.90 Å². The fraction of sp³-hybridized carbons (Fsp3) is 0.217. The Labute approximate surface area is 293 Å². The van der Waals surface area contributed by atoms with E-state index in [2.05, 4.69) is 173 Å². The average Bonchev–Trinajstić information content (AvgIpc) is 3.15. The third kappa shape index (κ3) is 7.57. The third-order valence-electron chi connectivity index (χ3n) is 9.53. The maximum absolute atomic E-state index is 5.20. The van der Waals surface area contributed by atoms with Gasteiger partial charge in [0.2, 0.25) is 0 Å². The molecule has 49 heavy (non-hydrogen) atoms. The minimum Gasteiger partial charge on any atom is -0.345 e. The highest BCUT2D eigenvalue weighted by Gasteiger charge is 2.19. The van der Waals surface area contributed by atoms with Crippen molar-refractivity contribution in [2.75, 3.05) is 11.4 Å². The lowest BCUT2D eigenvalue weighted by atomic mass is 9.89. The SMILES string of the molecule is C/C=C\C=C(/C)N1CCC(CCC)c2cccc(c2)-c2nc(-c3ccccc3)cc(n2)-c2ccc(cc2)C(=C/C)/C(=C\C)c2cccc1c2. The summed E-state index contributed by atoms with van der Waals surface area (Å²) in [7, 11) is 0. The molecule has 0 amide bonds. The first-order valence-electron chi connectivity index (χ1n) is 17.7. The van der Waals surface area contributed by atoms with Gasteiger partial charge in [0.1, 0.15) is 0 Å². The van der Waals surface area contributed by atoms with Crippen molar-refractivity contribution in [2.24, 2.45) is 0 Å². The maximum Gasteiger partial charge on any atom is 0.160 e. The molecule has 1 unspecified atom stereocenters. The molecule has 2 aliphatic heterocycles. The monoisotopic (exact) mass is 641 g/mol. The predicted molar refractivity (Wildman–Crippen MR) is 210 cm³/mol. The van der Waals surface area contributed by atoms with Crippen molar-refractivity contribution < 1.29 is 0 Å². The van der Waals surface area contributed by atoms with Gasteiger partial charge in [0, 0.05) is 34.6 Å². The van der Waals surface area contributed by atoms with Crippen LogP contribution in [0.1, 0.15) is 76.5 Å². The van der Waals surface area contributed by atoms with Crippen molar-refractivity contribution in [3.63, 3.8) is 0 Å².